The average molecular weight is 138 g/mol. The third kappa shape index (κ3) is 3.49. The zero-order chi connectivity index (χ0) is 7.65. The minimum atomic E-state index is -1.32. The maximum absolute atomic E-state index is 8.75. The Labute approximate surface area is 67.0 Å². The van der Waals surface area contributed by atoms with Crippen LogP contribution in [0.15, 0.2) is 0 Å². The van der Waals surface area contributed by atoms with Crippen LogP contribution in [0.4, 0.5) is 0 Å². The van der Waals surface area contributed by atoms with Gasteiger partial charge in [0, 0.05) is 0 Å². The molecule has 2 N–H and O–H groups in total. The van der Waals surface area contributed by atoms with E-state index in [2.05, 4.69) is 19.6 Å². The minimum absolute atomic E-state index is 0.0671. The van der Waals surface area contributed by atoms with E-state index >= 15 is 0 Å². The molecule has 0 aliphatic heterocycles. The molecule has 0 spiro atoms. The predicted octanol–water partition coefficient (Wildman–Crippen LogP) is -0.167. The fourth-order valence-corrected chi connectivity index (χ4v) is 1.34. The van der Waals surface area contributed by atoms with E-state index in [4.69, 9.17) is 10.0 Å². The summed E-state index contributed by atoms with van der Waals surface area (Å²) in [5.74, 6) is 0. The van der Waals surface area contributed by atoms with Gasteiger partial charge in [0.25, 0.3) is 0 Å². The second-order valence-corrected chi connectivity index (χ2v) is 9.21. The topological polar surface area (TPSA) is 40.5 Å². The van der Waals surface area contributed by atoms with Crippen molar-refractivity contribution in [3.8, 4) is 0 Å². The van der Waals surface area contributed by atoms with Crippen molar-refractivity contribution in [1.82, 2.24) is 0 Å². The summed E-state index contributed by atoms with van der Waals surface area (Å²) in [6.07, 6.45) is 0. The second kappa shape index (κ2) is 3.27. The Morgan fingerprint density at radius 3 is 1.67 bits per heavy atom. The van der Waals surface area contributed by atoms with E-state index in [-0.39, 0.29) is 4.11 Å². The summed E-state index contributed by atoms with van der Waals surface area (Å²) >= 11 is 1.89. The Kier molecular flexibility index (Phi) is 3.56. The van der Waals surface area contributed by atoms with Gasteiger partial charge in [-0.3, -0.25) is 0 Å². The van der Waals surface area contributed by atoms with Crippen LogP contribution in [-0.2, 0) is 0 Å². The van der Waals surface area contributed by atoms with Gasteiger partial charge in [-0.2, -0.15) is 0 Å². The first-order valence-corrected chi connectivity index (χ1v) is 6.79. The fraction of sp³-hybridized carbons (Fsp3) is 1.00. The van der Waals surface area contributed by atoms with Crippen LogP contribution in [0.3, 0.4) is 0 Å². The first-order chi connectivity index (χ1) is 3.85. The summed E-state index contributed by atoms with van der Waals surface area (Å²) in [5, 5.41) is 17.5. The van der Waals surface area contributed by atoms with Crippen molar-refractivity contribution in [1.29, 1.82) is 0 Å². The summed E-state index contributed by atoms with van der Waals surface area (Å²) in [6.45, 7) is 6.37. The van der Waals surface area contributed by atoms with Crippen LogP contribution in [0.1, 0.15) is 0 Å². The summed E-state index contributed by atoms with van der Waals surface area (Å²) in [4.78, 5) is 0. The number of rotatable bonds is 2. The average Bonchev–Trinajstić information content (AvgIpc) is 1.62. The van der Waals surface area contributed by atoms with Gasteiger partial charge in [0.1, 0.15) is 0 Å². The molecule has 0 fully saturated rings. The molecule has 48 valence electrons. The molecule has 9 heavy (non-hydrogen) atoms. The normalized spacial score (nSPS) is 15.4. The van der Waals surface area contributed by atoms with Crippen LogP contribution in [0.5, 0.6) is 0 Å². The van der Waals surface area contributed by atoms with Crippen LogP contribution in [0.2, 0.25) is 23.8 Å². The summed E-state index contributed by atoms with van der Waals surface area (Å²) in [6, 6.07) is 0. The molecule has 0 aliphatic carbocycles. The Morgan fingerprint density at radius 1 is 1.33 bits per heavy atom. The molecular formula is C4H12BLiO2Si. The molecule has 1 atom stereocenters. The molecule has 0 aromatic carbocycles. The van der Waals surface area contributed by atoms with E-state index in [0.29, 0.717) is 0 Å². The van der Waals surface area contributed by atoms with Crippen molar-refractivity contribution < 1.29 is 10.0 Å². The van der Waals surface area contributed by atoms with Gasteiger partial charge >= 0.3 is 66.7 Å². The zero-order valence-corrected chi connectivity index (χ0v) is 7.55. The standard InChI is InChI=1S/C4H12BO2Si.Li/c1-8(2,3)4-5(6)7;/h4,6-7H,1-3H3;. The SMILES string of the molecule is [Li][CH](B(O)O)[Si](C)(C)C. The molecule has 0 aliphatic rings. The summed E-state index contributed by atoms with van der Waals surface area (Å²) in [5.41, 5.74) is 0. The van der Waals surface area contributed by atoms with E-state index in [9.17, 15) is 0 Å². The van der Waals surface area contributed by atoms with Gasteiger partial charge in [-0.1, -0.05) is 0 Å². The molecule has 5 heteroatoms. The molecular weight excluding hydrogens is 126 g/mol. The van der Waals surface area contributed by atoms with E-state index in [1.807, 2.05) is 17.7 Å². The summed E-state index contributed by atoms with van der Waals surface area (Å²) in [7, 11) is -2.45. The molecule has 0 radical (unpaired) electrons. The Balaban J connectivity index is 3.88. The van der Waals surface area contributed by atoms with Crippen molar-refractivity contribution in [3.05, 3.63) is 0 Å². The van der Waals surface area contributed by atoms with Gasteiger partial charge < -0.3 is 0 Å². The molecule has 0 bridgehead atoms. The van der Waals surface area contributed by atoms with E-state index in [1.54, 1.807) is 0 Å². The zero-order valence-electron chi connectivity index (χ0n) is 6.55. The van der Waals surface area contributed by atoms with Crippen LogP contribution in [0.25, 0.3) is 0 Å². The molecule has 0 amide bonds. The molecule has 0 rings (SSSR count). The molecule has 0 aromatic heterocycles. The quantitative estimate of drug-likeness (QED) is 0.520. The Morgan fingerprint density at radius 2 is 1.67 bits per heavy atom. The third-order valence-corrected chi connectivity index (χ3v) is 4.84. The third-order valence-electron chi connectivity index (χ3n) is 1.81. The number of hydrogen-bond donors (Lipinski definition) is 2. The van der Waals surface area contributed by atoms with E-state index in [0.717, 1.165) is 0 Å². The van der Waals surface area contributed by atoms with Gasteiger partial charge in [0.2, 0.25) is 0 Å². The molecule has 0 saturated heterocycles. The van der Waals surface area contributed by atoms with E-state index in [1.165, 1.54) is 0 Å². The van der Waals surface area contributed by atoms with Gasteiger partial charge in [0.05, 0.1) is 0 Å². The number of hydrogen-bond acceptors (Lipinski definition) is 2. The molecule has 1 unspecified atom stereocenters. The Hall–Kier alpha value is 0.799. The van der Waals surface area contributed by atoms with Gasteiger partial charge in [0.15, 0.2) is 0 Å². The van der Waals surface area contributed by atoms with Crippen LogP contribution in [0, 0.1) is 0 Å². The van der Waals surface area contributed by atoms with Crippen molar-refractivity contribution in [2.45, 2.75) is 23.8 Å². The Bertz CT molecular complexity index is 93.1. The van der Waals surface area contributed by atoms with Gasteiger partial charge in [-0.25, -0.2) is 0 Å². The summed E-state index contributed by atoms with van der Waals surface area (Å²) < 4.78 is 0.0671. The molecule has 0 aromatic rings. The first-order valence-electron chi connectivity index (χ1n) is 3.22. The van der Waals surface area contributed by atoms with Gasteiger partial charge in [-0.15, -0.1) is 0 Å². The maximum atomic E-state index is 8.75. The van der Waals surface area contributed by atoms with Crippen molar-refractivity contribution >= 4 is 32.9 Å². The van der Waals surface area contributed by atoms with Crippen molar-refractivity contribution in [3.63, 3.8) is 0 Å². The predicted molar refractivity (Wildman–Crippen MR) is 43.0 cm³/mol. The molecule has 0 heterocycles. The monoisotopic (exact) mass is 138 g/mol. The van der Waals surface area contributed by atoms with Gasteiger partial charge in [-0.05, 0) is 0 Å². The second-order valence-electron chi connectivity index (χ2n) is 3.57. The van der Waals surface area contributed by atoms with Crippen molar-refractivity contribution in [2.75, 3.05) is 0 Å². The fourth-order valence-electron chi connectivity index (χ4n) is 0.447. The first kappa shape index (κ1) is 9.80. The van der Waals surface area contributed by atoms with Crippen molar-refractivity contribution in [2.24, 2.45) is 0 Å². The van der Waals surface area contributed by atoms with Crippen LogP contribution in [-0.4, -0.2) is 43.0 Å². The molecule has 2 nitrogen and oxygen atoms in total. The van der Waals surface area contributed by atoms with E-state index < -0.39 is 15.2 Å². The van der Waals surface area contributed by atoms with Crippen LogP contribution >= 0.6 is 0 Å². The van der Waals surface area contributed by atoms with Crippen LogP contribution < -0.4 is 0 Å². The molecule has 0 saturated carbocycles.